The molecule has 1 aliphatic heterocycles. The molecule has 4 bridgehead atoms. The molecule has 0 spiro atoms. The molecule has 11 rings (SSSR count). The number of carboxylic acid groups (broad SMARTS) is 1. The molecule has 49 heavy (non-hydrogen) atoms. The van der Waals surface area contributed by atoms with E-state index in [1.165, 1.54) is 53.5 Å². The monoisotopic (exact) mass is 650 g/mol. The number of amides is 1. The van der Waals surface area contributed by atoms with E-state index >= 15 is 0 Å². The summed E-state index contributed by atoms with van der Waals surface area (Å²) in [5.41, 5.74) is 10.6. The Bertz CT molecular complexity index is 1990. The van der Waals surface area contributed by atoms with Gasteiger partial charge >= 0.3 is 5.97 Å². The Balaban J connectivity index is 0.000000165. The third kappa shape index (κ3) is 5.29. The van der Waals surface area contributed by atoms with Gasteiger partial charge in [0.2, 0.25) is 0 Å². The van der Waals surface area contributed by atoms with Crippen molar-refractivity contribution in [2.24, 2.45) is 34.5 Å². The molecule has 1 N–H and O–H groups in total. The fourth-order valence-electron chi connectivity index (χ4n) is 9.38. The van der Waals surface area contributed by atoms with E-state index in [9.17, 15) is 9.59 Å². The normalized spacial score (nSPS) is 25.0. The van der Waals surface area contributed by atoms with Crippen molar-refractivity contribution >= 4 is 28.7 Å². The number of benzene rings is 3. The Kier molecular flexibility index (Phi) is 7.58. The van der Waals surface area contributed by atoms with Gasteiger partial charge in [-0.25, -0.2) is 4.79 Å². The van der Waals surface area contributed by atoms with Crippen molar-refractivity contribution in [2.45, 2.75) is 66.5 Å². The standard InChI is InChI=1S/C28H28N2O.C16H18O2/c1-28(2)22-13-14-24(25(28)16-22)19-9-11-20(12-10-19)27(31)30-18-23-7-5-15-29(23)17-21-6-3-4-8-26(21)30;1-16(2)12-7-8-13(14(16)9-12)10-3-5-11(6-4-10)15(17)18/h3-12,14-15,22,25H,13,16-18H2,1-2H3;3-6,8,12,14H,7,9H2,1-2H3,(H,17,18). The number of carboxylic acids is 1. The van der Waals surface area contributed by atoms with Crippen molar-refractivity contribution < 1.29 is 14.7 Å². The number of aromatic nitrogens is 1. The quantitative estimate of drug-likeness (QED) is 0.239. The summed E-state index contributed by atoms with van der Waals surface area (Å²) in [6.07, 6.45) is 11.8. The molecule has 0 radical (unpaired) electrons. The third-order valence-corrected chi connectivity index (χ3v) is 13.0. The number of anilines is 1. The van der Waals surface area contributed by atoms with E-state index in [0.29, 0.717) is 34.8 Å². The van der Waals surface area contributed by atoms with E-state index in [-0.39, 0.29) is 5.91 Å². The summed E-state index contributed by atoms with van der Waals surface area (Å²) in [5.74, 6) is 2.18. The summed E-state index contributed by atoms with van der Waals surface area (Å²) in [5, 5.41) is 8.91. The predicted octanol–water partition coefficient (Wildman–Crippen LogP) is 9.98. The van der Waals surface area contributed by atoms with Crippen molar-refractivity contribution in [1.82, 2.24) is 4.57 Å². The van der Waals surface area contributed by atoms with E-state index in [2.05, 4.69) is 93.1 Å². The molecule has 4 unspecified atom stereocenters. The SMILES string of the molecule is CC1(C)C2CC=C(c3ccc(C(=O)N4Cc5cccn5Cc5ccccc54)cc3)C1C2.CC1(C)C2CC=C(c3ccc(C(=O)O)cc3)C1C2. The van der Waals surface area contributed by atoms with Crippen LogP contribution in [0.4, 0.5) is 5.69 Å². The molecule has 2 heterocycles. The minimum Gasteiger partial charge on any atom is -0.478 e. The van der Waals surface area contributed by atoms with E-state index in [1.807, 2.05) is 35.2 Å². The number of hydrogen-bond acceptors (Lipinski definition) is 2. The summed E-state index contributed by atoms with van der Waals surface area (Å²) in [6.45, 7) is 10.9. The predicted molar refractivity (Wildman–Crippen MR) is 196 cm³/mol. The van der Waals surface area contributed by atoms with Gasteiger partial charge in [-0.15, -0.1) is 0 Å². The van der Waals surface area contributed by atoms with E-state index in [4.69, 9.17) is 5.11 Å². The van der Waals surface area contributed by atoms with Gasteiger partial charge in [0, 0.05) is 29.7 Å². The largest absolute Gasteiger partial charge is 0.478 e. The molecule has 2 fully saturated rings. The fraction of sp³-hybridized carbons (Fsp3) is 0.364. The molecule has 7 aliphatic rings. The second kappa shape index (κ2) is 11.8. The molecule has 6 aliphatic carbocycles. The highest BCUT2D eigenvalue weighted by molar-refractivity contribution is 6.06. The highest BCUT2D eigenvalue weighted by atomic mass is 16.4. The third-order valence-electron chi connectivity index (χ3n) is 13.0. The van der Waals surface area contributed by atoms with Gasteiger partial charge in [0.15, 0.2) is 0 Å². The maximum atomic E-state index is 13.6. The molecular weight excluding hydrogens is 604 g/mol. The smallest absolute Gasteiger partial charge is 0.335 e. The maximum absolute atomic E-state index is 13.6. The average Bonchev–Trinajstić information content (AvgIpc) is 3.50. The number of carbonyl (C=O) groups excluding carboxylic acids is 1. The van der Waals surface area contributed by atoms with Crippen molar-refractivity contribution in [3.05, 3.63) is 137 Å². The van der Waals surface area contributed by atoms with Crippen molar-refractivity contribution in [3.8, 4) is 0 Å². The van der Waals surface area contributed by atoms with Gasteiger partial charge in [-0.3, -0.25) is 4.79 Å². The van der Waals surface area contributed by atoms with Gasteiger partial charge in [-0.05, 0) is 130 Å². The lowest BCUT2D eigenvalue weighted by molar-refractivity contribution is 0.0113. The van der Waals surface area contributed by atoms with Crippen LogP contribution in [0.25, 0.3) is 11.1 Å². The van der Waals surface area contributed by atoms with Crippen LogP contribution in [-0.4, -0.2) is 21.6 Å². The van der Waals surface area contributed by atoms with E-state index in [0.717, 1.165) is 35.3 Å². The molecule has 2 saturated carbocycles. The lowest BCUT2D eigenvalue weighted by atomic mass is 9.48. The first-order chi connectivity index (χ1) is 23.5. The minimum absolute atomic E-state index is 0.0651. The summed E-state index contributed by atoms with van der Waals surface area (Å²) < 4.78 is 2.23. The van der Waals surface area contributed by atoms with E-state index < -0.39 is 5.97 Å². The van der Waals surface area contributed by atoms with Crippen molar-refractivity contribution in [2.75, 3.05) is 4.90 Å². The Morgan fingerprint density at radius 3 is 1.76 bits per heavy atom. The topological polar surface area (TPSA) is 62.5 Å². The number of carbonyl (C=O) groups is 2. The Morgan fingerprint density at radius 1 is 0.673 bits per heavy atom. The zero-order valence-electron chi connectivity index (χ0n) is 29.0. The molecule has 0 saturated heterocycles. The Morgan fingerprint density at radius 2 is 1.22 bits per heavy atom. The van der Waals surface area contributed by atoms with Crippen LogP contribution in [0.5, 0.6) is 0 Å². The van der Waals surface area contributed by atoms with Crippen LogP contribution >= 0.6 is 0 Å². The molecular formula is C44H46N2O3. The van der Waals surface area contributed by atoms with Crippen LogP contribution in [-0.2, 0) is 13.1 Å². The van der Waals surface area contributed by atoms with Gasteiger partial charge in [-0.1, -0.05) is 82.3 Å². The van der Waals surface area contributed by atoms with Crippen LogP contribution in [0.1, 0.15) is 96.5 Å². The van der Waals surface area contributed by atoms with Crippen LogP contribution in [0.2, 0.25) is 0 Å². The average molecular weight is 651 g/mol. The van der Waals surface area contributed by atoms with Crippen molar-refractivity contribution in [1.29, 1.82) is 0 Å². The van der Waals surface area contributed by atoms with Gasteiger partial charge in [0.1, 0.15) is 0 Å². The molecule has 4 aromatic rings. The number of allylic oxidation sites excluding steroid dienone is 4. The van der Waals surface area contributed by atoms with Crippen LogP contribution < -0.4 is 4.90 Å². The number of hydrogen-bond donors (Lipinski definition) is 1. The summed E-state index contributed by atoms with van der Waals surface area (Å²) >= 11 is 0. The first kappa shape index (κ1) is 31.6. The maximum Gasteiger partial charge on any atom is 0.335 e. The number of rotatable bonds is 4. The molecule has 3 aromatic carbocycles. The lowest BCUT2D eigenvalue weighted by Crippen LogP contribution is -2.47. The minimum atomic E-state index is -0.858. The number of fused-ring (bicyclic) bond motifs is 4. The van der Waals surface area contributed by atoms with Crippen LogP contribution in [0, 0.1) is 34.5 Å². The second-order valence-corrected chi connectivity index (χ2v) is 16.0. The molecule has 1 amide bonds. The van der Waals surface area contributed by atoms with Crippen LogP contribution in [0.15, 0.2) is 103 Å². The van der Waals surface area contributed by atoms with E-state index in [1.54, 1.807) is 12.1 Å². The summed E-state index contributed by atoms with van der Waals surface area (Å²) in [4.78, 5) is 26.4. The Labute approximate surface area is 290 Å². The molecule has 250 valence electrons. The molecule has 5 nitrogen and oxygen atoms in total. The zero-order valence-corrected chi connectivity index (χ0v) is 29.0. The zero-order chi connectivity index (χ0) is 34.1. The second-order valence-electron chi connectivity index (χ2n) is 16.0. The lowest BCUT2D eigenvalue weighted by Gasteiger charge is -2.56. The van der Waals surface area contributed by atoms with Gasteiger partial charge in [-0.2, -0.15) is 0 Å². The van der Waals surface area contributed by atoms with Gasteiger partial charge < -0.3 is 14.6 Å². The fourth-order valence-corrected chi connectivity index (χ4v) is 9.38. The molecule has 5 heteroatoms. The van der Waals surface area contributed by atoms with Crippen LogP contribution in [0.3, 0.4) is 0 Å². The van der Waals surface area contributed by atoms with Crippen molar-refractivity contribution in [3.63, 3.8) is 0 Å². The number of aromatic carboxylic acids is 1. The highest BCUT2D eigenvalue weighted by Gasteiger charge is 2.52. The van der Waals surface area contributed by atoms with Gasteiger partial charge in [0.05, 0.1) is 12.1 Å². The van der Waals surface area contributed by atoms with Gasteiger partial charge in [0.25, 0.3) is 5.91 Å². The number of para-hydroxylation sites is 1. The molecule has 4 atom stereocenters. The first-order valence-electron chi connectivity index (χ1n) is 17.9. The first-order valence-corrected chi connectivity index (χ1v) is 17.9. The molecule has 1 aromatic heterocycles. The highest BCUT2D eigenvalue weighted by Crippen LogP contribution is 2.62. The Hall–Kier alpha value is -4.64. The summed E-state index contributed by atoms with van der Waals surface area (Å²) in [7, 11) is 0. The summed E-state index contributed by atoms with van der Waals surface area (Å²) in [6, 6.07) is 28.1. The number of nitrogens with zero attached hydrogens (tertiary/aromatic N) is 2.